The summed E-state index contributed by atoms with van der Waals surface area (Å²) in [4.78, 5) is 8.50. The molecule has 2 aromatic heterocycles. The Morgan fingerprint density at radius 1 is 1.22 bits per heavy atom. The minimum Gasteiger partial charge on any atom is -0.352 e. The standard InChI is InChI=1S/C13H21N5/c1-4-13(5-2,6-3)10-15-11-16-12-14-8-7-9-18(12)17-11/h7-9H,4-6,10H2,1-3H3,(H,15,17). The Balaban J connectivity index is 2.09. The van der Waals surface area contributed by atoms with Gasteiger partial charge in [-0.05, 0) is 30.7 Å². The number of anilines is 1. The molecule has 0 unspecified atom stereocenters. The monoisotopic (exact) mass is 247 g/mol. The summed E-state index contributed by atoms with van der Waals surface area (Å²) in [5.74, 6) is 1.29. The Morgan fingerprint density at radius 2 is 1.94 bits per heavy atom. The van der Waals surface area contributed by atoms with Gasteiger partial charge in [0.2, 0.25) is 5.95 Å². The number of nitrogens with zero attached hydrogens (tertiary/aromatic N) is 4. The fraction of sp³-hybridized carbons (Fsp3) is 0.615. The van der Waals surface area contributed by atoms with E-state index in [0.717, 1.165) is 6.54 Å². The first-order valence-corrected chi connectivity index (χ1v) is 6.64. The van der Waals surface area contributed by atoms with Crippen molar-refractivity contribution >= 4 is 11.7 Å². The number of aromatic nitrogens is 4. The van der Waals surface area contributed by atoms with Gasteiger partial charge in [-0.2, -0.15) is 4.98 Å². The SMILES string of the molecule is CCC(CC)(CC)CNc1nc2ncccn2n1. The van der Waals surface area contributed by atoms with Crippen molar-refractivity contribution in [1.82, 2.24) is 19.6 Å². The number of rotatable bonds is 6. The van der Waals surface area contributed by atoms with Crippen LogP contribution in [0.4, 0.5) is 5.95 Å². The summed E-state index contributed by atoms with van der Waals surface area (Å²) in [5.41, 5.74) is 0.338. The fourth-order valence-electron chi connectivity index (χ4n) is 2.20. The number of hydrogen-bond acceptors (Lipinski definition) is 4. The summed E-state index contributed by atoms with van der Waals surface area (Å²) < 4.78 is 1.69. The molecule has 2 rings (SSSR count). The van der Waals surface area contributed by atoms with Crippen molar-refractivity contribution in [2.75, 3.05) is 11.9 Å². The zero-order chi connectivity index (χ0) is 13.0. The quantitative estimate of drug-likeness (QED) is 0.852. The van der Waals surface area contributed by atoms with E-state index in [1.165, 1.54) is 19.3 Å². The maximum absolute atomic E-state index is 4.35. The zero-order valence-corrected chi connectivity index (χ0v) is 11.3. The highest BCUT2D eigenvalue weighted by molar-refractivity contribution is 5.36. The van der Waals surface area contributed by atoms with E-state index in [4.69, 9.17) is 0 Å². The third-order valence-electron chi connectivity index (χ3n) is 3.99. The average Bonchev–Trinajstić information content (AvgIpc) is 2.84. The minimum absolute atomic E-state index is 0.338. The lowest BCUT2D eigenvalue weighted by molar-refractivity contribution is 0.271. The predicted molar refractivity (Wildman–Crippen MR) is 72.6 cm³/mol. The molecule has 0 aliphatic rings. The fourth-order valence-corrected chi connectivity index (χ4v) is 2.20. The van der Waals surface area contributed by atoms with Gasteiger partial charge < -0.3 is 5.32 Å². The number of fused-ring (bicyclic) bond motifs is 1. The van der Waals surface area contributed by atoms with Crippen LogP contribution in [0.2, 0.25) is 0 Å². The van der Waals surface area contributed by atoms with E-state index in [2.05, 4.69) is 41.2 Å². The normalized spacial score (nSPS) is 11.9. The van der Waals surface area contributed by atoms with Crippen molar-refractivity contribution in [2.45, 2.75) is 40.0 Å². The predicted octanol–water partition coefficient (Wildman–Crippen LogP) is 2.75. The lowest BCUT2D eigenvalue weighted by Gasteiger charge is -2.30. The van der Waals surface area contributed by atoms with Gasteiger partial charge in [0.15, 0.2) is 0 Å². The lowest BCUT2D eigenvalue weighted by Crippen LogP contribution is -2.28. The van der Waals surface area contributed by atoms with E-state index in [1.54, 1.807) is 10.7 Å². The molecular formula is C13H21N5. The third kappa shape index (κ3) is 2.44. The van der Waals surface area contributed by atoms with Gasteiger partial charge in [0.05, 0.1) is 0 Å². The molecule has 0 aliphatic heterocycles. The highest BCUT2D eigenvalue weighted by Gasteiger charge is 2.24. The molecule has 1 N–H and O–H groups in total. The molecule has 0 radical (unpaired) electrons. The van der Waals surface area contributed by atoms with Crippen LogP contribution < -0.4 is 5.32 Å². The zero-order valence-electron chi connectivity index (χ0n) is 11.3. The molecule has 0 aromatic carbocycles. The van der Waals surface area contributed by atoms with Gasteiger partial charge in [0.1, 0.15) is 0 Å². The Morgan fingerprint density at radius 3 is 2.56 bits per heavy atom. The van der Waals surface area contributed by atoms with Crippen LogP contribution in [-0.4, -0.2) is 26.1 Å². The van der Waals surface area contributed by atoms with Crippen LogP contribution in [0.1, 0.15) is 40.0 Å². The smallest absolute Gasteiger partial charge is 0.253 e. The second-order valence-electron chi connectivity index (χ2n) is 4.71. The molecule has 5 nitrogen and oxygen atoms in total. The molecule has 2 aromatic rings. The summed E-state index contributed by atoms with van der Waals surface area (Å²) in [7, 11) is 0. The van der Waals surface area contributed by atoms with Crippen molar-refractivity contribution in [3.05, 3.63) is 18.5 Å². The minimum atomic E-state index is 0.338. The first-order valence-electron chi connectivity index (χ1n) is 6.64. The molecule has 0 saturated carbocycles. The summed E-state index contributed by atoms with van der Waals surface area (Å²) in [5, 5.41) is 7.70. The Bertz CT molecular complexity index is 460. The van der Waals surface area contributed by atoms with Crippen LogP contribution in [0, 0.1) is 5.41 Å². The van der Waals surface area contributed by atoms with Crippen LogP contribution in [-0.2, 0) is 0 Å². The molecule has 0 amide bonds. The van der Waals surface area contributed by atoms with Crippen molar-refractivity contribution in [3.8, 4) is 0 Å². The maximum atomic E-state index is 4.35. The highest BCUT2D eigenvalue weighted by atomic mass is 15.4. The van der Waals surface area contributed by atoms with Crippen molar-refractivity contribution < 1.29 is 0 Å². The largest absolute Gasteiger partial charge is 0.352 e. The summed E-state index contributed by atoms with van der Waals surface area (Å²) in [6, 6.07) is 1.85. The molecule has 0 fully saturated rings. The van der Waals surface area contributed by atoms with Crippen LogP contribution in [0.15, 0.2) is 18.5 Å². The van der Waals surface area contributed by atoms with Gasteiger partial charge in [0, 0.05) is 18.9 Å². The van der Waals surface area contributed by atoms with Gasteiger partial charge in [0.25, 0.3) is 5.78 Å². The van der Waals surface area contributed by atoms with E-state index < -0.39 is 0 Å². The summed E-state index contributed by atoms with van der Waals surface area (Å²) in [6.45, 7) is 7.64. The Hall–Kier alpha value is -1.65. The molecule has 0 aliphatic carbocycles. The van der Waals surface area contributed by atoms with Gasteiger partial charge in [-0.1, -0.05) is 20.8 Å². The first kappa shape index (κ1) is 12.8. The lowest BCUT2D eigenvalue weighted by atomic mass is 9.80. The van der Waals surface area contributed by atoms with E-state index in [-0.39, 0.29) is 0 Å². The number of nitrogens with one attached hydrogen (secondary N) is 1. The first-order chi connectivity index (χ1) is 8.73. The molecule has 0 saturated heterocycles. The van der Waals surface area contributed by atoms with Crippen molar-refractivity contribution in [1.29, 1.82) is 0 Å². The number of hydrogen-bond donors (Lipinski definition) is 1. The molecular weight excluding hydrogens is 226 g/mol. The van der Waals surface area contributed by atoms with Gasteiger partial charge in [-0.15, -0.1) is 5.10 Å². The average molecular weight is 247 g/mol. The van der Waals surface area contributed by atoms with Gasteiger partial charge in [-0.3, -0.25) is 0 Å². The van der Waals surface area contributed by atoms with Gasteiger partial charge >= 0.3 is 0 Å². The molecule has 0 bridgehead atoms. The molecule has 0 atom stereocenters. The molecule has 98 valence electrons. The molecule has 5 heteroatoms. The third-order valence-corrected chi connectivity index (χ3v) is 3.99. The van der Waals surface area contributed by atoms with Gasteiger partial charge in [-0.25, -0.2) is 9.50 Å². The van der Waals surface area contributed by atoms with E-state index >= 15 is 0 Å². The Kier molecular flexibility index (Phi) is 3.79. The second-order valence-corrected chi connectivity index (χ2v) is 4.71. The molecule has 0 spiro atoms. The molecule has 2 heterocycles. The van der Waals surface area contributed by atoms with Crippen molar-refractivity contribution in [3.63, 3.8) is 0 Å². The van der Waals surface area contributed by atoms with E-state index in [1.807, 2.05) is 12.3 Å². The molecule has 18 heavy (non-hydrogen) atoms. The Labute approximate surface area is 108 Å². The maximum Gasteiger partial charge on any atom is 0.253 e. The second kappa shape index (κ2) is 5.33. The summed E-state index contributed by atoms with van der Waals surface area (Å²) in [6.07, 6.45) is 7.07. The van der Waals surface area contributed by atoms with E-state index in [0.29, 0.717) is 17.1 Å². The van der Waals surface area contributed by atoms with Crippen molar-refractivity contribution in [2.24, 2.45) is 5.41 Å². The highest BCUT2D eigenvalue weighted by Crippen LogP contribution is 2.30. The van der Waals surface area contributed by atoms with Crippen LogP contribution in [0.5, 0.6) is 0 Å². The summed E-state index contributed by atoms with van der Waals surface area (Å²) >= 11 is 0. The van der Waals surface area contributed by atoms with Crippen LogP contribution in [0.25, 0.3) is 5.78 Å². The van der Waals surface area contributed by atoms with Crippen LogP contribution >= 0.6 is 0 Å². The van der Waals surface area contributed by atoms with E-state index in [9.17, 15) is 0 Å². The van der Waals surface area contributed by atoms with Crippen LogP contribution in [0.3, 0.4) is 0 Å². The topological polar surface area (TPSA) is 55.1 Å².